The Hall–Kier alpha value is -2.62. The Kier molecular flexibility index (Phi) is 4.72. The van der Waals surface area contributed by atoms with Gasteiger partial charge >= 0.3 is 0 Å². The van der Waals surface area contributed by atoms with Gasteiger partial charge in [0, 0.05) is 5.56 Å². The molecule has 2 aromatic rings. The van der Waals surface area contributed by atoms with E-state index < -0.39 is 0 Å². The fourth-order valence-electron chi connectivity index (χ4n) is 2.00. The molecule has 0 spiro atoms. The Morgan fingerprint density at radius 1 is 1.19 bits per heavy atom. The second kappa shape index (κ2) is 6.70. The van der Waals surface area contributed by atoms with Crippen molar-refractivity contribution in [2.45, 2.75) is 13.8 Å². The number of carbonyl (C=O) groups is 1. The zero-order valence-corrected chi connectivity index (χ0v) is 12.4. The van der Waals surface area contributed by atoms with Crippen LogP contribution in [-0.2, 0) is 0 Å². The molecule has 0 bridgehead atoms. The average Bonchev–Trinajstić information content (AvgIpc) is 2.47. The van der Waals surface area contributed by atoms with Crippen molar-refractivity contribution in [3.8, 4) is 5.75 Å². The van der Waals surface area contributed by atoms with E-state index in [9.17, 15) is 4.79 Å². The average molecular weight is 282 g/mol. The van der Waals surface area contributed by atoms with Gasteiger partial charge in [-0.25, -0.2) is 5.43 Å². The summed E-state index contributed by atoms with van der Waals surface area (Å²) in [4.78, 5) is 11.9. The molecule has 108 valence electrons. The quantitative estimate of drug-likeness (QED) is 0.692. The van der Waals surface area contributed by atoms with Gasteiger partial charge in [-0.2, -0.15) is 5.10 Å². The van der Waals surface area contributed by atoms with Crippen molar-refractivity contribution >= 4 is 12.1 Å². The SMILES string of the molecule is COc1ccc(/C=N/NC(=O)c2cccc(C)c2)cc1C. The van der Waals surface area contributed by atoms with Crippen molar-refractivity contribution < 1.29 is 9.53 Å². The van der Waals surface area contributed by atoms with Crippen LogP contribution in [0.25, 0.3) is 0 Å². The van der Waals surface area contributed by atoms with Gasteiger partial charge in [-0.05, 0) is 55.3 Å². The number of nitrogens with zero attached hydrogens (tertiary/aromatic N) is 1. The summed E-state index contributed by atoms with van der Waals surface area (Å²) < 4.78 is 5.20. The molecule has 0 radical (unpaired) electrons. The first-order chi connectivity index (χ1) is 10.1. The number of aryl methyl sites for hydroxylation is 2. The van der Waals surface area contributed by atoms with Crippen LogP contribution in [0.15, 0.2) is 47.6 Å². The van der Waals surface area contributed by atoms with Gasteiger partial charge in [0.15, 0.2) is 0 Å². The van der Waals surface area contributed by atoms with Gasteiger partial charge in [0.25, 0.3) is 5.91 Å². The minimum absolute atomic E-state index is 0.222. The van der Waals surface area contributed by atoms with Gasteiger partial charge in [0.05, 0.1) is 13.3 Å². The maximum atomic E-state index is 11.9. The molecule has 0 atom stereocenters. The third-order valence-electron chi connectivity index (χ3n) is 3.08. The maximum absolute atomic E-state index is 11.9. The van der Waals surface area contributed by atoms with Crippen molar-refractivity contribution in [1.29, 1.82) is 0 Å². The molecule has 4 heteroatoms. The minimum Gasteiger partial charge on any atom is -0.496 e. The number of carbonyl (C=O) groups excluding carboxylic acids is 1. The Morgan fingerprint density at radius 3 is 2.67 bits per heavy atom. The van der Waals surface area contributed by atoms with E-state index in [2.05, 4.69) is 10.5 Å². The molecule has 2 aromatic carbocycles. The lowest BCUT2D eigenvalue weighted by atomic mass is 10.1. The van der Waals surface area contributed by atoms with Crippen LogP contribution in [0.5, 0.6) is 5.75 Å². The van der Waals surface area contributed by atoms with Crippen LogP contribution in [0.1, 0.15) is 27.0 Å². The van der Waals surface area contributed by atoms with E-state index in [4.69, 9.17) is 4.74 Å². The number of methoxy groups -OCH3 is 1. The molecule has 0 aliphatic rings. The molecule has 0 heterocycles. The van der Waals surface area contributed by atoms with Crippen molar-refractivity contribution in [1.82, 2.24) is 5.43 Å². The van der Waals surface area contributed by atoms with E-state index >= 15 is 0 Å². The van der Waals surface area contributed by atoms with Gasteiger partial charge in [-0.15, -0.1) is 0 Å². The number of benzene rings is 2. The monoisotopic (exact) mass is 282 g/mol. The fraction of sp³-hybridized carbons (Fsp3) is 0.176. The molecule has 0 aliphatic carbocycles. The summed E-state index contributed by atoms with van der Waals surface area (Å²) in [6.45, 7) is 3.90. The lowest BCUT2D eigenvalue weighted by Crippen LogP contribution is -2.17. The fourth-order valence-corrected chi connectivity index (χ4v) is 2.00. The summed E-state index contributed by atoms with van der Waals surface area (Å²) in [6.07, 6.45) is 1.61. The molecule has 21 heavy (non-hydrogen) atoms. The topological polar surface area (TPSA) is 50.7 Å². The predicted octanol–water partition coefficient (Wildman–Crippen LogP) is 3.08. The van der Waals surface area contributed by atoms with Crippen LogP contribution in [0.2, 0.25) is 0 Å². The number of amides is 1. The van der Waals surface area contributed by atoms with E-state index in [-0.39, 0.29) is 5.91 Å². The highest BCUT2D eigenvalue weighted by Gasteiger charge is 2.03. The van der Waals surface area contributed by atoms with Crippen molar-refractivity contribution in [3.63, 3.8) is 0 Å². The highest BCUT2D eigenvalue weighted by molar-refractivity contribution is 5.95. The summed E-state index contributed by atoms with van der Waals surface area (Å²) in [5.41, 5.74) is 6.08. The third kappa shape index (κ3) is 3.92. The number of nitrogens with one attached hydrogen (secondary N) is 1. The summed E-state index contributed by atoms with van der Waals surface area (Å²) in [5, 5.41) is 3.98. The third-order valence-corrected chi connectivity index (χ3v) is 3.08. The van der Waals surface area contributed by atoms with Crippen molar-refractivity contribution in [2.24, 2.45) is 5.10 Å². The zero-order valence-electron chi connectivity index (χ0n) is 12.4. The van der Waals surface area contributed by atoms with Crippen LogP contribution in [0.4, 0.5) is 0 Å². The molecular formula is C17H18N2O2. The number of hydrogen-bond donors (Lipinski definition) is 1. The van der Waals surface area contributed by atoms with Crippen LogP contribution < -0.4 is 10.2 Å². The molecule has 2 rings (SSSR count). The van der Waals surface area contributed by atoms with Gasteiger partial charge in [-0.1, -0.05) is 17.7 Å². The summed E-state index contributed by atoms with van der Waals surface area (Å²) in [5.74, 6) is 0.608. The molecule has 0 aromatic heterocycles. The molecule has 0 aliphatic heterocycles. The first-order valence-electron chi connectivity index (χ1n) is 6.65. The number of ether oxygens (including phenoxy) is 1. The van der Waals surface area contributed by atoms with E-state index in [1.165, 1.54) is 0 Å². The normalized spacial score (nSPS) is 10.6. The van der Waals surface area contributed by atoms with E-state index in [0.717, 1.165) is 22.4 Å². The largest absolute Gasteiger partial charge is 0.496 e. The van der Waals surface area contributed by atoms with Crippen molar-refractivity contribution in [2.75, 3.05) is 7.11 Å². The number of rotatable bonds is 4. The first-order valence-corrected chi connectivity index (χ1v) is 6.65. The van der Waals surface area contributed by atoms with Gasteiger partial charge in [-0.3, -0.25) is 4.79 Å². The Bertz CT molecular complexity index is 678. The standard InChI is InChI=1S/C17H18N2O2/c1-12-5-4-6-15(9-12)17(20)19-18-11-14-7-8-16(21-3)13(2)10-14/h4-11H,1-3H3,(H,19,20)/b18-11+. The van der Waals surface area contributed by atoms with Gasteiger partial charge in [0.2, 0.25) is 0 Å². The molecule has 1 amide bonds. The van der Waals surface area contributed by atoms with Crippen molar-refractivity contribution in [3.05, 3.63) is 64.7 Å². The summed E-state index contributed by atoms with van der Waals surface area (Å²) in [6, 6.07) is 13.1. The summed E-state index contributed by atoms with van der Waals surface area (Å²) >= 11 is 0. The Labute approximate surface area is 124 Å². The highest BCUT2D eigenvalue weighted by atomic mass is 16.5. The lowest BCUT2D eigenvalue weighted by molar-refractivity contribution is 0.0955. The molecule has 4 nitrogen and oxygen atoms in total. The first kappa shape index (κ1) is 14.8. The maximum Gasteiger partial charge on any atom is 0.271 e. The van der Waals surface area contributed by atoms with Gasteiger partial charge in [0.1, 0.15) is 5.75 Å². The zero-order chi connectivity index (χ0) is 15.2. The smallest absolute Gasteiger partial charge is 0.271 e. The Morgan fingerprint density at radius 2 is 2.00 bits per heavy atom. The van der Waals surface area contributed by atoms with Crippen LogP contribution in [0, 0.1) is 13.8 Å². The van der Waals surface area contributed by atoms with Crippen LogP contribution >= 0.6 is 0 Å². The van der Waals surface area contributed by atoms with Crippen LogP contribution in [-0.4, -0.2) is 19.2 Å². The number of hydrogen-bond acceptors (Lipinski definition) is 3. The second-order valence-electron chi connectivity index (χ2n) is 4.80. The van der Waals surface area contributed by atoms with Gasteiger partial charge < -0.3 is 4.74 Å². The molecule has 0 fully saturated rings. The number of hydrazone groups is 1. The summed E-state index contributed by atoms with van der Waals surface area (Å²) in [7, 11) is 1.64. The molecule has 0 saturated heterocycles. The second-order valence-corrected chi connectivity index (χ2v) is 4.80. The van der Waals surface area contributed by atoms with Crippen LogP contribution in [0.3, 0.4) is 0 Å². The van der Waals surface area contributed by atoms with E-state index in [1.807, 2.05) is 50.2 Å². The molecular weight excluding hydrogens is 264 g/mol. The lowest BCUT2D eigenvalue weighted by Gasteiger charge is -2.04. The van der Waals surface area contributed by atoms with E-state index in [0.29, 0.717) is 5.56 Å². The molecule has 0 saturated carbocycles. The predicted molar refractivity (Wildman–Crippen MR) is 84.0 cm³/mol. The van der Waals surface area contributed by atoms with E-state index in [1.54, 1.807) is 19.4 Å². The Balaban J connectivity index is 2.02. The molecule has 0 unspecified atom stereocenters. The highest BCUT2D eigenvalue weighted by Crippen LogP contribution is 2.17. The minimum atomic E-state index is -0.222. The molecule has 1 N–H and O–H groups in total.